The second-order valence-corrected chi connectivity index (χ2v) is 9.85. The number of nitrogens with zero attached hydrogens (tertiary/aromatic N) is 5. The van der Waals surface area contributed by atoms with Crippen molar-refractivity contribution in [3.05, 3.63) is 89.2 Å². The van der Waals surface area contributed by atoms with E-state index in [4.69, 9.17) is 11.6 Å². The van der Waals surface area contributed by atoms with Crippen molar-refractivity contribution >= 4 is 34.4 Å². The molecule has 2 aromatic carbocycles. The Morgan fingerprint density at radius 1 is 1.03 bits per heavy atom. The van der Waals surface area contributed by atoms with E-state index in [1.54, 1.807) is 34.1 Å². The molecule has 0 unspecified atom stereocenters. The lowest BCUT2D eigenvalue weighted by Crippen LogP contribution is -2.47. The van der Waals surface area contributed by atoms with Crippen LogP contribution < -0.4 is 5.32 Å². The first kappa shape index (κ1) is 24.9. The minimum absolute atomic E-state index is 0.0540. The SMILES string of the molecule is O=C(NC1CCCCC1)[C@H](c1ccc(Cl)cc1)N(Cc1cccnc1)C(=O)Cn1nnc2ccccc21. The van der Waals surface area contributed by atoms with Crippen LogP contribution in [0.1, 0.15) is 49.3 Å². The third-order valence-corrected chi connectivity index (χ3v) is 7.05. The fraction of sp³-hybridized carbons (Fsp3) is 0.321. The van der Waals surface area contributed by atoms with E-state index in [1.807, 2.05) is 48.5 Å². The van der Waals surface area contributed by atoms with Crippen molar-refractivity contribution in [3.8, 4) is 0 Å². The molecule has 2 amide bonds. The van der Waals surface area contributed by atoms with Crippen molar-refractivity contribution in [1.29, 1.82) is 0 Å². The number of carbonyl (C=O) groups excluding carboxylic acids is 2. The van der Waals surface area contributed by atoms with Crippen LogP contribution in [-0.2, 0) is 22.7 Å². The lowest BCUT2D eigenvalue weighted by molar-refractivity contribution is -0.142. The van der Waals surface area contributed by atoms with Crippen LogP contribution in [0.15, 0.2) is 73.1 Å². The van der Waals surface area contributed by atoms with Gasteiger partial charge in [0, 0.05) is 30.0 Å². The molecule has 1 fully saturated rings. The van der Waals surface area contributed by atoms with E-state index >= 15 is 0 Å². The van der Waals surface area contributed by atoms with Gasteiger partial charge < -0.3 is 10.2 Å². The number of pyridine rings is 1. The number of hydrogen-bond donors (Lipinski definition) is 1. The highest BCUT2D eigenvalue weighted by Crippen LogP contribution is 2.27. The van der Waals surface area contributed by atoms with Gasteiger partial charge in [-0.1, -0.05) is 66.4 Å². The van der Waals surface area contributed by atoms with Gasteiger partial charge in [0.25, 0.3) is 0 Å². The molecule has 37 heavy (non-hydrogen) atoms. The largest absolute Gasteiger partial charge is 0.351 e. The zero-order chi connectivity index (χ0) is 25.6. The summed E-state index contributed by atoms with van der Waals surface area (Å²) in [5, 5.41) is 12.2. The maximum absolute atomic E-state index is 13.9. The molecule has 190 valence electrons. The van der Waals surface area contributed by atoms with Crippen LogP contribution >= 0.6 is 11.6 Å². The number of rotatable bonds is 8. The van der Waals surface area contributed by atoms with Gasteiger partial charge >= 0.3 is 0 Å². The summed E-state index contributed by atoms with van der Waals surface area (Å²) in [5.74, 6) is -0.451. The maximum Gasteiger partial charge on any atom is 0.247 e. The van der Waals surface area contributed by atoms with Gasteiger partial charge in [-0.05, 0) is 54.3 Å². The molecular weight excluding hydrogens is 488 g/mol. The molecule has 2 heterocycles. The number of amides is 2. The summed E-state index contributed by atoms with van der Waals surface area (Å²) in [5.41, 5.74) is 2.98. The number of carbonyl (C=O) groups is 2. The summed E-state index contributed by atoms with van der Waals surface area (Å²) >= 11 is 6.17. The second-order valence-electron chi connectivity index (χ2n) is 9.42. The van der Waals surface area contributed by atoms with Gasteiger partial charge in [-0.25, -0.2) is 4.68 Å². The molecule has 1 saturated carbocycles. The molecule has 0 aliphatic heterocycles. The fourth-order valence-corrected chi connectivity index (χ4v) is 5.04. The Morgan fingerprint density at radius 2 is 1.81 bits per heavy atom. The molecule has 0 spiro atoms. The standard InChI is InChI=1S/C28H29ClN6O2/c29-22-14-12-21(13-15-22)27(28(37)31-23-8-2-1-3-9-23)34(18-20-7-6-16-30-17-20)26(36)19-35-25-11-5-4-10-24(25)32-33-35/h4-7,10-17,23,27H,1-3,8-9,18-19H2,(H,31,37)/t27-/m0/s1. The first-order valence-corrected chi connectivity index (χ1v) is 13.0. The van der Waals surface area contributed by atoms with Crippen LogP contribution in [0.25, 0.3) is 11.0 Å². The van der Waals surface area contributed by atoms with E-state index in [1.165, 1.54) is 6.42 Å². The van der Waals surface area contributed by atoms with Crippen molar-refractivity contribution in [1.82, 2.24) is 30.2 Å². The Balaban J connectivity index is 1.50. The Labute approximate surface area is 220 Å². The highest BCUT2D eigenvalue weighted by Gasteiger charge is 2.33. The minimum Gasteiger partial charge on any atom is -0.351 e. The zero-order valence-corrected chi connectivity index (χ0v) is 21.2. The zero-order valence-electron chi connectivity index (χ0n) is 20.5. The molecule has 0 saturated heterocycles. The Kier molecular flexibility index (Phi) is 7.75. The van der Waals surface area contributed by atoms with Crippen LogP contribution in [-0.4, -0.2) is 42.7 Å². The smallest absolute Gasteiger partial charge is 0.247 e. The van der Waals surface area contributed by atoms with E-state index in [0.717, 1.165) is 36.8 Å². The molecule has 1 aliphatic rings. The fourth-order valence-electron chi connectivity index (χ4n) is 4.91. The van der Waals surface area contributed by atoms with Crippen LogP contribution in [0.3, 0.4) is 0 Å². The molecule has 1 atom stereocenters. The second kappa shape index (κ2) is 11.5. The third kappa shape index (κ3) is 5.97. The number of hydrogen-bond acceptors (Lipinski definition) is 5. The monoisotopic (exact) mass is 516 g/mol. The molecule has 9 heteroatoms. The summed E-state index contributed by atoms with van der Waals surface area (Å²) in [4.78, 5) is 33.6. The van der Waals surface area contributed by atoms with E-state index in [2.05, 4.69) is 20.6 Å². The molecule has 1 aliphatic carbocycles. The van der Waals surface area contributed by atoms with Gasteiger partial charge in [0.1, 0.15) is 18.1 Å². The number of aromatic nitrogens is 4. The van der Waals surface area contributed by atoms with E-state index in [-0.39, 0.29) is 30.9 Å². The van der Waals surface area contributed by atoms with Crippen molar-refractivity contribution in [2.45, 2.75) is 57.3 Å². The number of halogens is 1. The van der Waals surface area contributed by atoms with E-state index in [9.17, 15) is 9.59 Å². The quantitative estimate of drug-likeness (QED) is 0.366. The highest BCUT2D eigenvalue weighted by atomic mass is 35.5. The predicted molar refractivity (Wildman–Crippen MR) is 142 cm³/mol. The molecule has 0 bridgehead atoms. The van der Waals surface area contributed by atoms with Crippen molar-refractivity contribution in [2.75, 3.05) is 0 Å². The molecule has 1 N–H and O–H groups in total. The van der Waals surface area contributed by atoms with Gasteiger partial charge in [0.15, 0.2) is 0 Å². The lowest BCUT2D eigenvalue weighted by Gasteiger charge is -2.33. The molecule has 2 aromatic heterocycles. The molecule has 0 radical (unpaired) electrons. The van der Waals surface area contributed by atoms with Crippen LogP contribution in [0.2, 0.25) is 5.02 Å². The van der Waals surface area contributed by atoms with Crippen molar-refractivity contribution in [2.24, 2.45) is 0 Å². The van der Waals surface area contributed by atoms with Gasteiger partial charge in [0.2, 0.25) is 11.8 Å². The number of para-hydroxylation sites is 1. The summed E-state index contributed by atoms with van der Waals surface area (Å²) in [6, 6.07) is 17.6. The van der Waals surface area contributed by atoms with Gasteiger partial charge in [0.05, 0.1) is 5.52 Å². The molecule has 8 nitrogen and oxygen atoms in total. The average molecular weight is 517 g/mol. The number of nitrogens with one attached hydrogen (secondary N) is 1. The topological polar surface area (TPSA) is 93.0 Å². The highest BCUT2D eigenvalue weighted by molar-refractivity contribution is 6.30. The summed E-state index contributed by atoms with van der Waals surface area (Å²) in [6.45, 7) is 0.159. The summed E-state index contributed by atoms with van der Waals surface area (Å²) in [7, 11) is 0. The molecule has 4 aromatic rings. The molecule has 5 rings (SSSR count). The Morgan fingerprint density at radius 3 is 2.57 bits per heavy atom. The van der Waals surface area contributed by atoms with Gasteiger partial charge in [-0.2, -0.15) is 0 Å². The van der Waals surface area contributed by atoms with Crippen LogP contribution in [0, 0.1) is 0 Å². The summed E-state index contributed by atoms with van der Waals surface area (Å²) in [6.07, 6.45) is 8.65. The van der Waals surface area contributed by atoms with E-state index in [0.29, 0.717) is 16.1 Å². The Hall–Kier alpha value is -3.78. The van der Waals surface area contributed by atoms with Crippen LogP contribution in [0.5, 0.6) is 0 Å². The van der Waals surface area contributed by atoms with Crippen LogP contribution in [0.4, 0.5) is 0 Å². The predicted octanol–water partition coefficient (Wildman–Crippen LogP) is 4.70. The van der Waals surface area contributed by atoms with E-state index < -0.39 is 6.04 Å². The van der Waals surface area contributed by atoms with Gasteiger partial charge in [-0.15, -0.1) is 5.10 Å². The van der Waals surface area contributed by atoms with Gasteiger partial charge in [-0.3, -0.25) is 14.6 Å². The Bertz CT molecular complexity index is 1350. The van der Waals surface area contributed by atoms with Crippen molar-refractivity contribution < 1.29 is 9.59 Å². The first-order valence-electron chi connectivity index (χ1n) is 12.6. The summed E-state index contributed by atoms with van der Waals surface area (Å²) < 4.78 is 1.58. The molecular formula is C28H29ClN6O2. The number of benzene rings is 2. The average Bonchev–Trinajstić information content (AvgIpc) is 3.33. The third-order valence-electron chi connectivity index (χ3n) is 6.80. The lowest BCUT2D eigenvalue weighted by atomic mass is 9.94. The van der Waals surface area contributed by atoms with Crippen molar-refractivity contribution in [3.63, 3.8) is 0 Å². The minimum atomic E-state index is -0.846. The number of fused-ring (bicyclic) bond motifs is 1. The first-order chi connectivity index (χ1) is 18.1. The maximum atomic E-state index is 13.9. The normalized spacial score (nSPS) is 14.8.